The Balaban J connectivity index is 1.76. The number of rotatable bonds is 2. The lowest BCUT2D eigenvalue weighted by Crippen LogP contribution is -2.34. The molecule has 5 heteroatoms. The van der Waals surface area contributed by atoms with E-state index in [0.29, 0.717) is 6.54 Å². The van der Waals surface area contributed by atoms with Gasteiger partial charge < -0.3 is 10.2 Å². The van der Waals surface area contributed by atoms with E-state index in [1.54, 1.807) is 28.8 Å². The SMILES string of the molecule is Cc1ccc(NC(=O)N2CCS[C@H]2c2ccc(F)cc2)c(C)c1. The van der Waals surface area contributed by atoms with Crippen molar-refractivity contribution in [1.29, 1.82) is 0 Å². The van der Waals surface area contributed by atoms with Crippen LogP contribution in [0.4, 0.5) is 14.9 Å². The summed E-state index contributed by atoms with van der Waals surface area (Å²) in [5.74, 6) is 0.616. The van der Waals surface area contributed by atoms with Gasteiger partial charge in [-0.05, 0) is 43.2 Å². The number of nitrogens with one attached hydrogen (secondary N) is 1. The Morgan fingerprint density at radius 2 is 1.96 bits per heavy atom. The molecule has 0 unspecified atom stereocenters. The zero-order chi connectivity index (χ0) is 16.4. The van der Waals surface area contributed by atoms with Crippen LogP contribution in [0.3, 0.4) is 0 Å². The van der Waals surface area contributed by atoms with Crippen molar-refractivity contribution in [3.8, 4) is 0 Å². The molecule has 0 aliphatic carbocycles. The second-order valence-corrected chi connectivity index (χ2v) is 6.90. The third kappa shape index (κ3) is 3.50. The van der Waals surface area contributed by atoms with Gasteiger partial charge in [-0.3, -0.25) is 0 Å². The van der Waals surface area contributed by atoms with Crippen LogP contribution in [0.15, 0.2) is 42.5 Å². The Kier molecular flexibility index (Phi) is 4.57. The van der Waals surface area contributed by atoms with E-state index in [1.165, 1.54) is 17.7 Å². The number of benzene rings is 2. The average molecular weight is 330 g/mol. The quantitative estimate of drug-likeness (QED) is 0.864. The van der Waals surface area contributed by atoms with E-state index in [9.17, 15) is 9.18 Å². The molecule has 1 aliphatic heterocycles. The number of anilines is 1. The zero-order valence-corrected chi connectivity index (χ0v) is 14.0. The minimum absolute atomic E-state index is 0.0682. The van der Waals surface area contributed by atoms with Crippen molar-refractivity contribution in [2.45, 2.75) is 19.2 Å². The first-order chi connectivity index (χ1) is 11.0. The van der Waals surface area contributed by atoms with E-state index in [2.05, 4.69) is 5.32 Å². The number of aryl methyl sites for hydroxylation is 2. The fraction of sp³-hybridized carbons (Fsp3) is 0.278. The van der Waals surface area contributed by atoms with Crippen LogP contribution in [-0.2, 0) is 0 Å². The largest absolute Gasteiger partial charge is 0.323 e. The number of nitrogens with zero attached hydrogens (tertiary/aromatic N) is 1. The second kappa shape index (κ2) is 6.62. The van der Waals surface area contributed by atoms with Crippen molar-refractivity contribution < 1.29 is 9.18 Å². The number of carbonyl (C=O) groups is 1. The van der Waals surface area contributed by atoms with Gasteiger partial charge in [0.05, 0.1) is 0 Å². The molecule has 2 aromatic carbocycles. The van der Waals surface area contributed by atoms with Crippen LogP contribution in [0.5, 0.6) is 0 Å². The maximum Gasteiger partial charge on any atom is 0.323 e. The lowest BCUT2D eigenvalue weighted by Gasteiger charge is -2.25. The van der Waals surface area contributed by atoms with Crippen molar-refractivity contribution in [2.75, 3.05) is 17.6 Å². The molecule has 3 rings (SSSR count). The fourth-order valence-corrected chi connectivity index (χ4v) is 3.98. The van der Waals surface area contributed by atoms with Gasteiger partial charge in [-0.2, -0.15) is 0 Å². The normalized spacial score (nSPS) is 17.3. The molecule has 1 fully saturated rings. The summed E-state index contributed by atoms with van der Waals surface area (Å²) < 4.78 is 13.1. The van der Waals surface area contributed by atoms with E-state index >= 15 is 0 Å². The van der Waals surface area contributed by atoms with Crippen LogP contribution in [0.1, 0.15) is 22.1 Å². The molecule has 2 amide bonds. The van der Waals surface area contributed by atoms with Crippen LogP contribution in [-0.4, -0.2) is 23.2 Å². The average Bonchev–Trinajstić information content (AvgIpc) is 3.00. The first kappa shape index (κ1) is 15.9. The Bertz CT molecular complexity index is 717. The van der Waals surface area contributed by atoms with Gasteiger partial charge in [0.1, 0.15) is 11.2 Å². The van der Waals surface area contributed by atoms with E-state index in [-0.39, 0.29) is 17.2 Å². The molecule has 0 aromatic heterocycles. The van der Waals surface area contributed by atoms with Gasteiger partial charge in [0, 0.05) is 18.0 Å². The van der Waals surface area contributed by atoms with Gasteiger partial charge in [-0.15, -0.1) is 11.8 Å². The molecule has 0 bridgehead atoms. The molecule has 0 radical (unpaired) electrons. The highest BCUT2D eigenvalue weighted by Crippen LogP contribution is 2.38. The van der Waals surface area contributed by atoms with Gasteiger partial charge in [0.15, 0.2) is 0 Å². The Hall–Kier alpha value is -2.01. The van der Waals surface area contributed by atoms with Crippen molar-refractivity contribution >= 4 is 23.5 Å². The maximum absolute atomic E-state index is 13.1. The molecular formula is C18H19FN2OS. The van der Waals surface area contributed by atoms with Crippen molar-refractivity contribution in [3.05, 3.63) is 65.0 Å². The monoisotopic (exact) mass is 330 g/mol. The topological polar surface area (TPSA) is 32.3 Å². The molecule has 23 heavy (non-hydrogen) atoms. The number of urea groups is 1. The lowest BCUT2D eigenvalue weighted by atomic mass is 10.1. The number of amides is 2. The molecule has 1 atom stereocenters. The summed E-state index contributed by atoms with van der Waals surface area (Å²) in [6, 6.07) is 12.2. The highest BCUT2D eigenvalue weighted by Gasteiger charge is 2.30. The van der Waals surface area contributed by atoms with Gasteiger partial charge in [-0.1, -0.05) is 29.8 Å². The summed E-state index contributed by atoms with van der Waals surface area (Å²) in [7, 11) is 0. The van der Waals surface area contributed by atoms with Crippen LogP contribution in [0, 0.1) is 19.7 Å². The van der Waals surface area contributed by atoms with E-state index in [1.807, 2.05) is 32.0 Å². The van der Waals surface area contributed by atoms with Gasteiger partial charge in [0.2, 0.25) is 0 Å². The first-order valence-corrected chi connectivity index (χ1v) is 8.61. The van der Waals surface area contributed by atoms with Gasteiger partial charge >= 0.3 is 6.03 Å². The Morgan fingerprint density at radius 1 is 1.22 bits per heavy atom. The first-order valence-electron chi connectivity index (χ1n) is 7.56. The number of halogens is 1. The number of hydrogen-bond acceptors (Lipinski definition) is 2. The molecular weight excluding hydrogens is 311 g/mol. The molecule has 1 N–H and O–H groups in total. The molecule has 0 spiro atoms. The summed E-state index contributed by atoms with van der Waals surface area (Å²) in [4.78, 5) is 14.4. The zero-order valence-electron chi connectivity index (χ0n) is 13.2. The molecule has 120 valence electrons. The van der Waals surface area contributed by atoms with Crippen molar-refractivity contribution in [2.24, 2.45) is 0 Å². The fourth-order valence-electron chi connectivity index (χ4n) is 2.72. The molecule has 1 heterocycles. The van der Waals surface area contributed by atoms with Crippen LogP contribution < -0.4 is 5.32 Å². The lowest BCUT2D eigenvalue weighted by molar-refractivity contribution is 0.214. The molecule has 1 saturated heterocycles. The highest BCUT2D eigenvalue weighted by molar-refractivity contribution is 7.99. The van der Waals surface area contributed by atoms with Crippen molar-refractivity contribution in [1.82, 2.24) is 4.90 Å². The molecule has 2 aromatic rings. The van der Waals surface area contributed by atoms with Crippen molar-refractivity contribution in [3.63, 3.8) is 0 Å². The minimum Gasteiger partial charge on any atom is -0.308 e. The molecule has 1 aliphatic rings. The highest BCUT2D eigenvalue weighted by atomic mass is 32.2. The summed E-state index contributed by atoms with van der Waals surface area (Å²) >= 11 is 1.70. The predicted octanol–water partition coefficient (Wildman–Crippen LogP) is 4.72. The summed E-state index contributed by atoms with van der Waals surface area (Å²) in [6.07, 6.45) is 0. The standard InChI is InChI=1S/C18H19FN2OS/c1-12-3-8-16(13(2)11-12)20-18(22)21-9-10-23-17(21)14-4-6-15(19)7-5-14/h3-8,11,17H,9-10H2,1-2H3,(H,20,22)/t17-/m0/s1. The minimum atomic E-state index is -0.261. The van der Waals surface area contributed by atoms with Crippen LogP contribution >= 0.6 is 11.8 Å². The summed E-state index contributed by atoms with van der Waals surface area (Å²) in [5.41, 5.74) is 3.99. The third-order valence-electron chi connectivity index (χ3n) is 3.93. The Morgan fingerprint density at radius 3 is 2.65 bits per heavy atom. The molecule has 0 saturated carbocycles. The maximum atomic E-state index is 13.1. The number of hydrogen-bond donors (Lipinski definition) is 1. The smallest absolute Gasteiger partial charge is 0.308 e. The van der Waals surface area contributed by atoms with E-state index < -0.39 is 0 Å². The number of carbonyl (C=O) groups excluding carboxylic acids is 1. The van der Waals surface area contributed by atoms with Gasteiger partial charge in [-0.25, -0.2) is 9.18 Å². The number of thioether (sulfide) groups is 1. The van der Waals surface area contributed by atoms with E-state index in [4.69, 9.17) is 0 Å². The summed E-state index contributed by atoms with van der Waals surface area (Å²) in [6.45, 7) is 4.70. The van der Waals surface area contributed by atoms with Crippen LogP contribution in [0.2, 0.25) is 0 Å². The Labute approximate surface area is 139 Å². The van der Waals surface area contributed by atoms with E-state index in [0.717, 1.165) is 22.6 Å². The summed E-state index contributed by atoms with van der Waals surface area (Å²) in [5, 5.41) is 2.92. The molecule has 3 nitrogen and oxygen atoms in total. The third-order valence-corrected chi connectivity index (χ3v) is 5.19. The van der Waals surface area contributed by atoms with Crippen LogP contribution in [0.25, 0.3) is 0 Å². The van der Waals surface area contributed by atoms with Gasteiger partial charge in [0.25, 0.3) is 0 Å². The second-order valence-electron chi connectivity index (χ2n) is 5.72. The predicted molar refractivity (Wildman–Crippen MR) is 93.2 cm³/mol.